The van der Waals surface area contributed by atoms with Crippen molar-refractivity contribution in [2.75, 3.05) is 6.54 Å². The number of hydrogen-bond acceptors (Lipinski definition) is 2. The minimum atomic E-state index is 0.388. The standard InChI is InChI=1S/C18H19NO/c1-2-15-9-11-18(12-10-15)20-14-17-7-5-16(6-8-17)4-3-13-19/h5-12H,2,13-14,19H2,1H3. The molecule has 0 unspecified atom stereocenters. The lowest BCUT2D eigenvalue weighted by molar-refractivity contribution is 0.306. The predicted molar refractivity (Wildman–Crippen MR) is 82.5 cm³/mol. The highest BCUT2D eigenvalue weighted by Crippen LogP contribution is 2.14. The summed E-state index contributed by atoms with van der Waals surface area (Å²) in [4.78, 5) is 0. The van der Waals surface area contributed by atoms with Crippen molar-refractivity contribution in [3.63, 3.8) is 0 Å². The van der Waals surface area contributed by atoms with Crippen LogP contribution in [0.5, 0.6) is 5.75 Å². The second kappa shape index (κ2) is 7.37. The Kier molecular flexibility index (Phi) is 5.23. The van der Waals surface area contributed by atoms with Gasteiger partial charge in [0.2, 0.25) is 0 Å². The molecule has 0 fully saturated rings. The van der Waals surface area contributed by atoms with Crippen LogP contribution in [0.25, 0.3) is 0 Å². The van der Waals surface area contributed by atoms with Crippen LogP contribution in [0.2, 0.25) is 0 Å². The van der Waals surface area contributed by atoms with Crippen LogP contribution in [-0.4, -0.2) is 6.54 Å². The van der Waals surface area contributed by atoms with Crippen LogP contribution in [-0.2, 0) is 13.0 Å². The van der Waals surface area contributed by atoms with Crippen molar-refractivity contribution in [1.82, 2.24) is 0 Å². The maximum Gasteiger partial charge on any atom is 0.119 e. The van der Waals surface area contributed by atoms with Gasteiger partial charge in [0.25, 0.3) is 0 Å². The zero-order chi connectivity index (χ0) is 14.2. The van der Waals surface area contributed by atoms with E-state index in [0.29, 0.717) is 13.2 Å². The van der Waals surface area contributed by atoms with E-state index in [1.807, 2.05) is 36.4 Å². The Morgan fingerprint density at radius 1 is 0.950 bits per heavy atom. The molecule has 0 bridgehead atoms. The topological polar surface area (TPSA) is 35.2 Å². The van der Waals surface area contributed by atoms with Crippen LogP contribution in [0.15, 0.2) is 48.5 Å². The predicted octanol–water partition coefficient (Wildman–Crippen LogP) is 3.14. The van der Waals surface area contributed by atoms with E-state index in [4.69, 9.17) is 10.5 Å². The zero-order valence-electron chi connectivity index (χ0n) is 11.7. The van der Waals surface area contributed by atoms with Gasteiger partial charge in [-0.15, -0.1) is 0 Å². The summed E-state index contributed by atoms with van der Waals surface area (Å²) >= 11 is 0. The Morgan fingerprint density at radius 3 is 2.20 bits per heavy atom. The van der Waals surface area contributed by atoms with Crippen LogP contribution in [0.3, 0.4) is 0 Å². The summed E-state index contributed by atoms with van der Waals surface area (Å²) in [7, 11) is 0. The van der Waals surface area contributed by atoms with Gasteiger partial charge in [-0.1, -0.05) is 43.0 Å². The Labute approximate surface area is 120 Å². The summed E-state index contributed by atoms with van der Waals surface area (Å²) in [6.45, 7) is 3.10. The molecule has 2 nitrogen and oxygen atoms in total. The third-order valence-corrected chi connectivity index (χ3v) is 3.03. The number of aryl methyl sites for hydroxylation is 1. The molecule has 102 valence electrons. The molecule has 2 N–H and O–H groups in total. The molecule has 0 heterocycles. The molecule has 0 radical (unpaired) electrons. The van der Waals surface area contributed by atoms with E-state index >= 15 is 0 Å². The molecule has 0 aliphatic heterocycles. The van der Waals surface area contributed by atoms with E-state index in [1.54, 1.807) is 0 Å². The normalized spacial score (nSPS) is 9.70. The molecule has 2 aromatic rings. The second-order valence-corrected chi connectivity index (χ2v) is 4.49. The first kappa shape index (κ1) is 14.2. The first-order chi connectivity index (χ1) is 9.81. The molecule has 2 rings (SSSR count). The van der Waals surface area contributed by atoms with Gasteiger partial charge in [-0.3, -0.25) is 0 Å². The highest BCUT2D eigenvalue weighted by Gasteiger charge is 1.97. The Bertz CT molecular complexity index is 588. The third kappa shape index (κ3) is 4.15. The molecule has 0 aliphatic rings. The van der Waals surface area contributed by atoms with E-state index in [9.17, 15) is 0 Å². The number of rotatable bonds is 4. The van der Waals surface area contributed by atoms with Crippen molar-refractivity contribution in [2.45, 2.75) is 20.0 Å². The molecular weight excluding hydrogens is 246 g/mol. The smallest absolute Gasteiger partial charge is 0.119 e. The number of benzene rings is 2. The monoisotopic (exact) mass is 265 g/mol. The molecule has 0 amide bonds. The van der Waals surface area contributed by atoms with Crippen LogP contribution >= 0.6 is 0 Å². The van der Waals surface area contributed by atoms with E-state index < -0.39 is 0 Å². The number of hydrogen-bond donors (Lipinski definition) is 1. The van der Waals surface area contributed by atoms with Gasteiger partial charge in [0.05, 0.1) is 6.54 Å². The van der Waals surface area contributed by atoms with Gasteiger partial charge in [-0.2, -0.15) is 0 Å². The average molecular weight is 265 g/mol. The van der Waals surface area contributed by atoms with Crippen LogP contribution < -0.4 is 10.5 Å². The lowest BCUT2D eigenvalue weighted by atomic mass is 10.1. The summed E-state index contributed by atoms with van der Waals surface area (Å²) in [5.41, 5.74) is 8.77. The summed E-state index contributed by atoms with van der Waals surface area (Å²) in [5.74, 6) is 6.74. The first-order valence-electron chi connectivity index (χ1n) is 6.81. The molecule has 0 atom stereocenters. The average Bonchev–Trinajstić information content (AvgIpc) is 2.52. The molecule has 0 spiro atoms. The van der Waals surface area contributed by atoms with E-state index in [1.165, 1.54) is 5.56 Å². The summed E-state index contributed by atoms with van der Waals surface area (Å²) in [6.07, 6.45) is 1.05. The van der Waals surface area contributed by atoms with Crippen molar-refractivity contribution < 1.29 is 4.74 Å². The van der Waals surface area contributed by atoms with Crippen molar-refractivity contribution in [2.24, 2.45) is 5.73 Å². The molecule has 0 saturated carbocycles. The number of ether oxygens (including phenoxy) is 1. The highest BCUT2D eigenvalue weighted by molar-refractivity contribution is 5.36. The summed E-state index contributed by atoms with van der Waals surface area (Å²) in [5, 5.41) is 0. The van der Waals surface area contributed by atoms with Gasteiger partial charge in [-0.05, 0) is 41.8 Å². The third-order valence-electron chi connectivity index (χ3n) is 3.03. The Hall–Kier alpha value is -2.24. The second-order valence-electron chi connectivity index (χ2n) is 4.49. The molecule has 2 aromatic carbocycles. The summed E-state index contributed by atoms with van der Waals surface area (Å²) in [6, 6.07) is 16.3. The lowest BCUT2D eigenvalue weighted by Gasteiger charge is -2.07. The molecular formula is C18H19NO. The van der Waals surface area contributed by atoms with Gasteiger partial charge in [0.15, 0.2) is 0 Å². The van der Waals surface area contributed by atoms with E-state index in [2.05, 4.69) is 30.9 Å². The maximum atomic E-state index is 5.76. The summed E-state index contributed by atoms with van der Waals surface area (Å²) < 4.78 is 5.76. The van der Waals surface area contributed by atoms with E-state index in [0.717, 1.165) is 23.3 Å². The van der Waals surface area contributed by atoms with Crippen LogP contribution in [0.1, 0.15) is 23.6 Å². The molecule has 2 heteroatoms. The van der Waals surface area contributed by atoms with Crippen LogP contribution in [0, 0.1) is 11.8 Å². The van der Waals surface area contributed by atoms with Gasteiger partial charge in [0, 0.05) is 5.56 Å². The number of nitrogens with two attached hydrogens (primary N) is 1. The lowest BCUT2D eigenvalue weighted by Crippen LogP contribution is -1.96. The van der Waals surface area contributed by atoms with Gasteiger partial charge in [0.1, 0.15) is 12.4 Å². The van der Waals surface area contributed by atoms with Crippen molar-refractivity contribution >= 4 is 0 Å². The Morgan fingerprint density at radius 2 is 1.60 bits per heavy atom. The van der Waals surface area contributed by atoms with E-state index in [-0.39, 0.29) is 0 Å². The highest BCUT2D eigenvalue weighted by atomic mass is 16.5. The van der Waals surface area contributed by atoms with Crippen molar-refractivity contribution in [3.05, 3.63) is 65.2 Å². The van der Waals surface area contributed by atoms with Gasteiger partial charge < -0.3 is 10.5 Å². The van der Waals surface area contributed by atoms with Gasteiger partial charge in [-0.25, -0.2) is 0 Å². The first-order valence-corrected chi connectivity index (χ1v) is 6.81. The molecule has 0 saturated heterocycles. The minimum absolute atomic E-state index is 0.388. The fourth-order valence-electron chi connectivity index (χ4n) is 1.83. The van der Waals surface area contributed by atoms with Gasteiger partial charge >= 0.3 is 0 Å². The van der Waals surface area contributed by atoms with Crippen molar-refractivity contribution in [3.8, 4) is 17.6 Å². The fourth-order valence-corrected chi connectivity index (χ4v) is 1.83. The maximum absolute atomic E-state index is 5.76. The van der Waals surface area contributed by atoms with Crippen molar-refractivity contribution in [1.29, 1.82) is 0 Å². The minimum Gasteiger partial charge on any atom is -0.489 e. The quantitative estimate of drug-likeness (QED) is 0.862. The SMILES string of the molecule is CCc1ccc(OCc2ccc(C#CCN)cc2)cc1. The fraction of sp³-hybridized carbons (Fsp3) is 0.222. The molecule has 20 heavy (non-hydrogen) atoms. The zero-order valence-corrected chi connectivity index (χ0v) is 11.7. The molecule has 0 aliphatic carbocycles. The Balaban J connectivity index is 1.93. The molecule has 0 aromatic heterocycles. The largest absolute Gasteiger partial charge is 0.489 e. The van der Waals surface area contributed by atoms with Crippen LogP contribution in [0.4, 0.5) is 0 Å².